The summed E-state index contributed by atoms with van der Waals surface area (Å²) in [6.45, 7) is 0. The molecule has 0 saturated heterocycles. The van der Waals surface area contributed by atoms with Crippen molar-refractivity contribution in [3.05, 3.63) is 106 Å². The van der Waals surface area contributed by atoms with Crippen molar-refractivity contribution in [2.45, 2.75) is 4.90 Å². The minimum absolute atomic E-state index is 0.145. The first-order valence-electron chi connectivity index (χ1n) is 9.94. The lowest BCUT2D eigenvalue weighted by Gasteiger charge is -2.12. The molecule has 34 heavy (non-hydrogen) atoms. The van der Waals surface area contributed by atoms with Crippen molar-refractivity contribution in [2.75, 3.05) is 10.0 Å². The molecule has 0 saturated carbocycles. The normalized spacial score (nSPS) is 11.6. The zero-order chi connectivity index (χ0) is 24.2. The van der Waals surface area contributed by atoms with Gasteiger partial charge in [0.05, 0.1) is 20.6 Å². The minimum atomic E-state index is -1.74. The van der Waals surface area contributed by atoms with Gasteiger partial charge in [-0.15, -0.1) is 0 Å². The summed E-state index contributed by atoms with van der Waals surface area (Å²) in [4.78, 5) is 13.0. The van der Waals surface area contributed by atoms with Crippen molar-refractivity contribution >= 4 is 51.5 Å². The molecule has 1 amide bonds. The number of nitrogens with one attached hydrogen (secondary N) is 2. The third-order valence-corrected chi connectivity index (χ3v) is 6.82. The maximum atomic E-state index is 13.1. The Labute approximate surface area is 207 Å². The number of carbonyl (C=O) groups is 1. The fourth-order valence-corrected chi connectivity index (χ4v) is 4.42. The second kappa shape index (κ2) is 10.3. The molecule has 0 aliphatic heterocycles. The monoisotopic (exact) mass is 514 g/mol. The van der Waals surface area contributed by atoms with E-state index in [9.17, 15) is 18.5 Å². The van der Waals surface area contributed by atoms with Gasteiger partial charge in [0.15, 0.2) is 0 Å². The van der Waals surface area contributed by atoms with E-state index in [2.05, 4.69) is 10.0 Å². The molecule has 0 aliphatic carbocycles. The lowest BCUT2D eigenvalue weighted by Crippen LogP contribution is -2.12. The maximum Gasteiger partial charge on any atom is 0.255 e. The Morgan fingerprint density at radius 1 is 0.912 bits per heavy atom. The van der Waals surface area contributed by atoms with Gasteiger partial charge in [0.2, 0.25) is 0 Å². The summed E-state index contributed by atoms with van der Waals surface area (Å²) in [5.74, 6) is -0.978. The quantitative estimate of drug-likeness (QED) is 0.193. The number of aromatic hydroxyl groups is 1. The van der Waals surface area contributed by atoms with E-state index in [1.54, 1.807) is 36.4 Å². The van der Waals surface area contributed by atoms with Crippen LogP contribution in [-0.2, 0) is 11.0 Å². The third kappa shape index (κ3) is 5.39. The standard InChI is InChI=1S/C25H17Cl2FN2O3S/c26-21-3-1-2-20(24(21)27)15-4-6-16(7-5-15)25(32)29-18-10-13-23(31)22(14-18)30-34(33)19-11-8-17(28)9-12-19/h1-14,30-31H,(H,29,32). The molecular formula is C25H17Cl2FN2O3S. The Morgan fingerprint density at radius 2 is 1.62 bits per heavy atom. The molecule has 172 valence electrons. The predicted octanol–water partition coefficient (Wildman–Crippen LogP) is 6.89. The van der Waals surface area contributed by atoms with Crippen LogP contribution < -0.4 is 10.0 Å². The molecule has 4 aromatic carbocycles. The Hall–Kier alpha value is -3.39. The Morgan fingerprint density at radius 3 is 2.32 bits per heavy atom. The van der Waals surface area contributed by atoms with Gasteiger partial charge in [-0.3, -0.25) is 9.52 Å². The van der Waals surface area contributed by atoms with Crippen LogP contribution in [0, 0.1) is 5.82 Å². The second-order valence-corrected chi connectivity index (χ2v) is 9.19. The fourth-order valence-electron chi connectivity index (χ4n) is 3.14. The first kappa shape index (κ1) is 23.8. The molecule has 0 aliphatic rings. The first-order chi connectivity index (χ1) is 16.3. The van der Waals surface area contributed by atoms with Crippen LogP contribution in [0.5, 0.6) is 5.75 Å². The van der Waals surface area contributed by atoms with E-state index >= 15 is 0 Å². The average molecular weight is 515 g/mol. The van der Waals surface area contributed by atoms with Gasteiger partial charge in [0.1, 0.15) is 22.6 Å². The molecular weight excluding hydrogens is 498 g/mol. The number of hydrogen-bond acceptors (Lipinski definition) is 3. The number of halogens is 3. The predicted molar refractivity (Wildman–Crippen MR) is 134 cm³/mol. The molecule has 4 rings (SSSR count). The molecule has 0 aromatic heterocycles. The van der Waals surface area contributed by atoms with Crippen molar-refractivity contribution in [2.24, 2.45) is 0 Å². The molecule has 4 aromatic rings. The summed E-state index contributed by atoms with van der Waals surface area (Å²) < 4.78 is 28.2. The van der Waals surface area contributed by atoms with Crippen molar-refractivity contribution in [3.63, 3.8) is 0 Å². The molecule has 0 spiro atoms. The van der Waals surface area contributed by atoms with Crippen molar-refractivity contribution in [1.82, 2.24) is 0 Å². The summed E-state index contributed by atoms with van der Waals surface area (Å²) in [5.41, 5.74) is 2.49. The second-order valence-electron chi connectivity index (χ2n) is 7.19. The van der Waals surface area contributed by atoms with Gasteiger partial charge in [-0.25, -0.2) is 8.60 Å². The number of rotatable bonds is 6. The van der Waals surface area contributed by atoms with Gasteiger partial charge in [0, 0.05) is 16.8 Å². The van der Waals surface area contributed by atoms with E-state index in [1.165, 1.54) is 42.5 Å². The number of phenols is 1. The number of phenolic OH excluding ortho intramolecular Hbond substituents is 1. The highest BCUT2D eigenvalue weighted by Gasteiger charge is 2.12. The Kier molecular flexibility index (Phi) is 7.17. The van der Waals surface area contributed by atoms with Crippen molar-refractivity contribution < 1.29 is 18.5 Å². The number of amides is 1. The molecule has 1 unspecified atom stereocenters. The van der Waals surface area contributed by atoms with Crippen LogP contribution in [0.15, 0.2) is 89.8 Å². The Balaban J connectivity index is 1.48. The van der Waals surface area contributed by atoms with E-state index in [0.29, 0.717) is 26.2 Å². The highest BCUT2D eigenvalue weighted by molar-refractivity contribution is 7.86. The summed E-state index contributed by atoms with van der Waals surface area (Å²) in [6, 6.07) is 21.6. The zero-order valence-corrected chi connectivity index (χ0v) is 19.7. The van der Waals surface area contributed by atoms with E-state index in [1.807, 2.05) is 6.07 Å². The molecule has 3 N–H and O–H groups in total. The van der Waals surface area contributed by atoms with Gasteiger partial charge in [-0.1, -0.05) is 47.5 Å². The van der Waals surface area contributed by atoms with Crippen molar-refractivity contribution in [3.8, 4) is 16.9 Å². The van der Waals surface area contributed by atoms with Gasteiger partial charge in [0.25, 0.3) is 5.91 Å². The molecule has 9 heteroatoms. The number of benzene rings is 4. The SMILES string of the molecule is O=C(Nc1ccc(O)c(NS(=O)c2ccc(F)cc2)c1)c1ccc(-c2cccc(Cl)c2Cl)cc1. The van der Waals surface area contributed by atoms with Crippen LogP contribution in [-0.4, -0.2) is 15.2 Å². The molecule has 1 atom stereocenters. The molecule has 0 heterocycles. The lowest BCUT2D eigenvalue weighted by atomic mass is 10.0. The van der Waals surface area contributed by atoms with Gasteiger partial charge < -0.3 is 10.4 Å². The lowest BCUT2D eigenvalue weighted by molar-refractivity contribution is 0.102. The van der Waals surface area contributed by atoms with E-state index < -0.39 is 16.8 Å². The molecule has 5 nitrogen and oxygen atoms in total. The zero-order valence-electron chi connectivity index (χ0n) is 17.4. The van der Waals surface area contributed by atoms with E-state index in [-0.39, 0.29) is 17.3 Å². The van der Waals surface area contributed by atoms with Crippen LogP contribution in [0.25, 0.3) is 11.1 Å². The number of hydrogen-bond donors (Lipinski definition) is 3. The van der Waals surface area contributed by atoms with Crippen LogP contribution in [0.3, 0.4) is 0 Å². The summed E-state index contributed by atoms with van der Waals surface area (Å²) in [7, 11) is -1.74. The van der Waals surface area contributed by atoms with E-state index in [0.717, 1.165) is 11.1 Å². The van der Waals surface area contributed by atoms with Crippen LogP contribution in [0.2, 0.25) is 10.0 Å². The van der Waals surface area contributed by atoms with Crippen LogP contribution >= 0.6 is 23.2 Å². The summed E-state index contributed by atoms with van der Waals surface area (Å²) in [5, 5.41) is 13.7. The first-order valence-corrected chi connectivity index (χ1v) is 11.9. The third-order valence-electron chi connectivity index (χ3n) is 4.89. The summed E-state index contributed by atoms with van der Waals surface area (Å²) in [6.07, 6.45) is 0. The summed E-state index contributed by atoms with van der Waals surface area (Å²) >= 11 is 12.3. The number of anilines is 2. The van der Waals surface area contributed by atoms with Crippen LogP contribution in [0.1, 0.15) is 10.4 Å². The average Bonchev–Trinajstić information content (AvgIpc) is 2.83. The van der Waals surface area contributed by atoms with Gasteiger partial charge in [-0.05, 0) is 66.2 Å². The smallest absolute Gasteiger partial charge is 0.255 e. The minimum Gasteiger partial charge on any atom is -0.506 e. The topological polar surface area (TPSA) is 78.4 Å². The highest BCUT2D eigenvalue weighted by Crippen LogP contribution is 2.33. The highest BCUT2D eigenvalue weighted by atomic mass is 35.5. The van der Waals surface area contributed by atoms with Crippen LogP contribution in [0.4, 0.5) is 15.8 Å². The maximum absolute atomic E-state index is 13.1. The fraction of sp³-hybridized carbons (Fsp3) is 0. The molecule has 0 bridgehead atoms. The van der Waals surface area contributed by atoms with Gasteiger partial charge >= 0.3 is 0 Å². The largest absolute Gasteiger partial charge is 0.506 e. The molecule has 0 fully saturated rings. The van der Waals surface area contributed by atoms with Crippen molar-refractivity contribution in [1.29, 1.82) is 0 Å². The van der Waals surface area contributed by atoms with E-state index in [4.69, 9.17) is 23.2 Å². The van der Waals surface area contributed by atoms with Gasteiger partial charge in [-0.2, -0.15) is 0 Å². The molecule has 0 radical (unpaired) electrons. The number of carbonyl (C=O) groups excluding carboxylic acids is 1. The Bertz CT molecular complexity index is 1380.